The monoisotopic (exact) mass is 431 g/mol. The zero-order chi connectivity index (χ0) is 20.1. The molecule has 0 spiro atoms. The van der Waals surface area contributed by atoms with Crippen LogP contribution in [0.4, 0.5) is 0 Å². The lowest BCUT2D eigenvalue weighted by atomic mass is 10.2. The summed E-state index contributed by atoms with van der Waals surface area (Å²) in [6.07, 6.45) is 2.43. The van der Waals surface area contributed by atoms with Crippen LogP contribution in [0.25, 0.3) is 11.4 Å². The summed E-state index contributed by atoms with van der Waals surface area (Å²) in [5.41, 5.74) is 1.96. The smallest absolute Gasteiger partial charge is 0.209 e. The highest BCUT2D eigenvalue weighted by Gasteiger charge is 2.16. The molecule has 0 radical (unpaired) electrons. The maximum atomic E-state index is 6.10. The molecule has 1 N–H and O–H groups in total. The molecular formula is C21H22ClN3O3S. The predicted octanol–water partition coefficient (Wildman–Crippen LogP) is 4.98. The summed E-state index contributed by atoms with van der Waals surface area (Å²) in [5.74, 6) is 2.95. The summed E-state index contributed by atoms with van der Waals surface area (Å²) in [6, 6.07) is 13.5. The number of hydrogen-bond donors (Lipinski definition) is 1. The maximum Gasteiger partial charge on any atom is 0.209 e. The summed E-state index contributed by atoms with van der Waals surface area (Å²) in [4.78, 5) is 4.56. The average molecular weight is 432 g/mol. The van der Waals surface area contributed by atoms with Crippen LogP contribution in [-0.2, 0) is 10.5 Å². The first-order valence-electron chi connectivity index (χ1n) is 9.44. The normalized spacial score (nSPS) is 16.1. The number of methoxy groups -OCH3 is 1. The summed E-state index contributed by atoms with van der Waals surface area (Å²) in [5, 5.41) is 8.54. The first-order chi connectivity index (χ1) is 14.2. The van der Waals surface area contributed by atoms with Crippen molar-refractivity contribution >= 4 is 23.4 Å². The number of hydrogen-bond acceptors (Lipinski definition) is 6. The Morgan fingerprint density at radius 2 is 2.10 bits per heavy atom. The topological polar surface area (TPSA) is 69.3 Å². The molecule has 1 aromatic heterocycles. The van der Waals surface area contributed by atoms with E-state index in [0.29, 0.717) is 28.4 Å². The van der Waals surface area contributed by atoms with Crippen LogP contribution < -0.4 is 9.47 Å². The molecule has 4 rings (SSSR count). The molecule has 0 amide bonds. The second-order valence-corrected chi connectivity index (χ2v) is 8.07. The van der Waals surface area contributed by atoms with Crippen molar-refractivity contribution in [2.75, 3.05) is 20.3 Å². The van der Waals surface area contributed by atoms with Gasteiger partial charge in [0.05, 0.1) is 18.8 Å². The van der Waals surface area contributed by atoms with E-state index in [2.05, 4.69) is 27.3 Å². The molecule has 1 aliphatic heterocycles. The minimum Gasteiger partial charge on any atom is -0.496 e. The standard InChI is InChI=1S/C21H22ClN3O3S/c1-26-19-9-6-15(22)11-18(19)20-23-21(25-24-20)29-13-14-4-7-16(8-5-14)28-12-17-3-2-10-27-17/h4-9,11,17H,2-3,10,12-13H2,1H3,(H,23,24,25)/t17-/m1/s1. The highest BCUT2D eigenvalue weighted by molar-refractivity contribution is 7.98. The molecule has 3 aromatic rings. The number of halogens is 1. The van der Waals surface area contributed by atoms with Crippen LogP contribution in [0.1, 0.15) is 18.4 Å². The fourth-order valence-corrected chi connectivity index (χ4v) is 4.02. The number of benzene rings is 2. The Bertz CT molecular complexity index is 943. The zero-order valence-electron chi connectivity index (χ0n) is 16.1. The van der Waals surface area contributed by atoms with Crippen LogP contribution in [0.15, 0.2) is 47.6 Å². The maximum absolute atomic E-state index is 6.10. The first kappa shape index (κ1) is 20.1. The molecular weight excluding hydrogens is 410 g/mol. The van der Waals surface area contributed by atoms with Gasteiger partial charge in [-0.2, -0.15) is 0 Å². The van der Waals surface area contributed by atoms with Crippen molar-refractivity contribution in [3.8, 4) is 22.9 Å². The minimum absolute atomic E-state index is 0.225. The lowest BCUT2D eigenvalue weighted by molar-refractivity contribution is 0.0679. The van der Waals surface area contributed by atoms with Gasteiger partial charge in [0.25, 0.3) is 0 Å². The summed E-state index contributed by atoms with van der Waals surface area (Å²) < 4.78 is 16.8. The van der Waals surface area contributed by atoms with Crippen LogP contribution in [0, 0.1) is 0 Å². The quantitative estimate of drug-likeness (QED) is 0.507. The second kappa shape index (κ2) is 9.52. The Morgan fingerprint density at radius 3 is 2.86 bits per heavy atom. The molecule has 6 nitrogen and oxygen atoms in total. The van der Waals surface area contributed by atoms with Crippen molar-refractivity contribution in [2.45, 2.75) is 29.9 Å². The molecule has 0 aliphatic carbocycles. The Kier molecular flexibility index (Phi) is 6.59. The van der Waals surface area contributed by atoms with E-state index in [4.69, 9.17) is 25.8 Å². The number of aromatic nitrogens is 3. The van der Waals surface area contributed by atoms with Gasteiger partial charge in [-0.25, -0.2) is 4.98 Å². The number of H-pyrrole nitrogens is 1. The lowest BCUT2D eigenvalue weighted by Crippen LogP contribution is -2.16. The van der Waals surface area contributed by atoms with Gasteiger partial charge in [0.15, 0.2) is 5.82 Å². The number of nitrogens with zero attached hydrogens (tertiary/aromatic N) is 2. The molecule has 0 bridgehead atoms. The Balaban J connectivity index is 1.33. The third-order valence-electron chi connectivity index (χ3n) is 4.63. The second-order valence-electron chi connectivity index (χ2n) is 6.69. The van der Waals surface area contributed by atoms with Gasteiger partial charge >= 0.3 is 0 Å². The fourth-order valence-electron chi connectivity index (χ4n) is 3.09. The van der Waals surface area contributed by atoms with Gasteiger partial charge < -0.3 is 14.2 Å². The molecule has 1 fully saturated rings. The SMILES string of the molecule is COc1ccc(Cl)cc1-c1nc(SCc2ccc(OC[C@H]3CCCO3)cc2)n[nH]1. The molecule has 1 aliphatic rings. The Morgan fingerprint density at radius 1 is 1.24 bits per heavy atom. The van der Waals surface area contributed by atoms with E-state index >= 15 is 0 Å². The first-order valence-corrected chi connectivity index (χ1v) is 10.8. The molecule has 1 atom stereocenters. The van der Waals surface area contributed by atoms with Gasteiger partial charge in [-0.15, -0.1) is 5.10 Å². The molecule has 1 saturated heterocycles. The van der Waals surface area contributed by atoms with Crippen molar-refractivity contribution in [3.63, 3.8) is 0 Å². The molecule has 8 heteroatoms. The van der Waals surface area contributed by atoms with Crippen LogP contribution in [0.5, 0.6) is 11.5 Å². The van der Waals surface area contributed by atoms with Gasteiger partial charge in [0.1, 0.15) is 18.1 Å². The number of thioether (sulfide) groups is 1. The molecule has 2 aromatic carbocycles. The number of nitrogens with one attached hydrogen (secondary N) is 1. The number of rotatable bonds is 8. The Labute approximate surface area is 178 Å². The van der Waals surface area contributed by atoms with Crippen molar-refractivity contribution < 1.29 is 14.2 Å². The molecule has 29 heavy (non-hydrogen) atoms. The molecule has 152 valence electrons. The molecule has 0 unspecified atom stereocenters. The lowest BCUT2D eigenvalue weighted by Gasteiger charge is -2.11. The van der Waals surface area contributed by atoms with E-state index in [9.17, 15) is 0 Å². The van der Waals surface area contributed by atoms with Crippen LogP contribution in [-0.4, -0.2) is 41.6 Å². The van der Waals surface area contributed by atoms with E-state index in [0.717, 1.165) is 36.5 Å². The van der Waals surface area contributed by atoms with Gasteiger partial charge in [-0.3, -0.25) is 5.10 Å². The van der Waals surface area contributed by atoms with Gasteiger partial charge in [0.2, 0.25) is 5.16 Å². The van der Waals surface area contributed by atoms with Gasteiger partial charge in [-0.1, -0.05) is 35.5 Å². The Hall–Kier alpha value is -2.22. The predicted molar refractivity (Wildman–Crippen MR) is 114 cm³/mol. The van der Waals surface area contributed by atoms with Crippen molar-refractivity contribution in [3.05, 3.63) is 53.1 Å². The van der Waals surface area contributed by atoms with Crippen molar-refractivity contribution in [1.29, 1.82) is 0 Å². The number of aromatic amines is 1. The van der Waals surface area contributed by atoms with Gasteiger partial charge in [-0.05, 0) is 48.7 Å². The van der Waals surface area contributed by atoms with Crippen LogP contribution in [0.3, 0.4) is 0 Å². The average Bonchev–Trinajstić information content (AvgIpc) is 3.43. The van der Waals surface area contributed by atoms with E-state index in [1.807, 2.05) is 24.3 Å². The summed E-state index contributed by atoms with van der Waals surface area (Å²) >= 11 is 7.66. The van der Waals surface area contributed by atoms with Crippen LogP contribution in [0.2, 0.25) is 5.02 Å². The van der Waals surface area contributed by atoms with Gasteiger partial charge in [0, 0.05) is 17.4 Å². The highest BCUT2D eigenvalue weighted by Crippen LogP contribution is 2.31. The molecule has 0 saturated carbocycles. The fraction of sp³-hybridized carbons (Fsp3) is 0.333. The summed E-state index contributed by atoms with van der Waals surface area (Å²) in [7, 11) is 1.62. The highest BCUT2D eigenvalue weighted by atomic mass is 35.5. The van der Waals surface area contributed by atoms with E-state index < -0.39 is 0 Å². The van der Waals surface area contributed by atoms with Crippen LogP contribution >= 0.6 is 23.4 Å². The van der Waals surface area contributed by atoms with Crippen molar-refractivity contribution in [2.24, 2.45) is 0 Å². The third kappa shape index (κ3) is 5.23. The third-order valence-corrected chi connectivity index (χ3v) is 5.79. The van der Waals surface area contributed by atoms with E-state index in [1.54, 1.807) is 24.9 Å². The van der Waals surface area contributed by atoms with Crippen molar-refractivity contribution in [1.82, 2.24) is 15.2 Å². The van der Waals surface area contributed by atoms with E-state index in [-0.39, 0.29) is 6.10 Å². The minimum atomic E-state index is 0.225. The summed E-state index contributed by atoms with van der Waals surface area (Å²) in [6.45, 7) is 1.46. The number of ether oxygens (including phenoxy) is 3. The molecule has 2 heterocycles. The van der Waals surface area contributed by atoms with E-state index in [1.165, 1.54) is 5.56 Å². The zero-order valence-corrected chi connectivity index (χ0v) is 17.6. The largest absolute Gasteiger partial charge is 0.496 e.